The molecule has 0 amide bonds. The first-order chi connectivity index (χ1) is 7.84. The van der Waals surface area contributed by atoms with Gasteiger partial charge in [-0.15, -0.1) is 0 Å². The Bertz CT molecular complexity index is 394. The maximum absolute atomic E-state index is 11.5. The largest absolute Gasteiger partial charge is 0.473 e. The van der Waals surface area contributed by atoms with Gasteiger partial charge in [-0.25, -0.2) is 0 Å². The third-order valence-electron chi connectivity index (χ3n) is 2.19. The molecule has 0 aromatic heterocycles. The molecule has 0 aliphatic carbocycles. The van der Waals surface area contributed by atoms with E-state index in [1.165, 1.54) is 0 Å². The van der Waals surface area contributed by atoms with Crippen molar-refractivity contribution in [1.82, 2.24) is 0 Å². The standard InChI is InChI=1S/C13H12O3/c14-13(10-11-6-8-15-9-7-11)16-12-4-2-1-3-5-12/h1-9,11H,10H2. The molecule has 1 aliphatic rings. The molecule has 0 fully saturated rings. The molecule has 3 heteroatoms. The number of para-hydroxylation sites is 1. The number of carbonyl (C=O) groups excluding carboxylic acids is 1. The van der Waals surface area contributed by atoms with Crippen LogP contribution in [0, 0.1) is 5.92 Å². The molecule has 0 N–H and O–H groups in total. The van der Waals surface area contributed by atoms with Gasteiger partial charge in [0.2, 0.25) is 0 Å². The molecule has 2 rings (SSSR count). The zero-order valence-corrected chi connectivity index (χ0v) is 8.71. The summed E-state index contributed by atoms with van der Waals surface area (Å²) in [6.45, 7) is 0. The van der Waals surface area contributed by atoms with E-state index in [1.807, 2.05) is 30.4 Å². The van der Waals surface area contributed by atoms with Gasteiger partial charge in [0.15, 0.2) is 0 Å². The average molecular weight is 216 g/mol. The molecule has 1 aliphatic heterocycles. The van der Waals surface area contributed by atoms with Gasteiger partial charge in [-0.2, -0.15) is 0 Å². The lowest BCUT2D eigenvalue weighted by Gasteiger charge is -2.10. The summed E-state index contributed by atoms with van der Waals surface area (Å²) >= 11 is 0. The van der Waals surface area contributed by atoms with Crippen LogP contribution in [0.1, 0.15) is 6.42 Å². The van der Waals surface area contributed by atoms with Gasteiger partial charge in [0.05, 0.1) is 18.9 Å². The van der Waals surface area contributed by atoms with Crippen LogP contribution in [0.4, 0.5) is 0 Å². The molecule has 0 bridgehead atoms. The molecule has 1 aromatic carbocycles. The van der Waals surface area contributed by atoms with Gasteiger partial charge in [0, 0.05) is 5.92 Å². The summed E-state index contributed by atoms with van der Waals surface area (Å²) in [5, 5.41) is 0. The Labute approximate surface area is 94.0 Å². The molecule has 0 unspecified atom stereocenters. The molecule has 1 aromatic rings. The van der Waals surface area contributed by atoms with Crippen LogP contribution in [-0.4, -0.2) is 5.97 Å². The van der Waals surface area contributed by atoms with E-state index in [2.05, 4.69) is 0 Å². The summed E-state index contributed by atoms with van der Waals surface area (Å²) in [5.41, 5.74) is 0. The van der Waals surface area contributed by atoms with E-state index in [9.17, 15) is 4.79 Å². The predicted molar refractivity (Wildman–Crippen MR) is 59.5 cm³/mol. The monoisotopic (exact) mass is 216 g/mol. The summed E-state index contributed by atoms with van der Waals surface area (Å²) in [5.74, 6) is 0.393. The summed E-state index contributed by atoms with van der Waals surface area (Å²) in [6, 6.07) is 9.05. The summed E-state index contributed by atoms with van der Waals surface area (Å²) in [7, 11) is 0. The molecule has 1 heterocycles. The molecule has 0 saturated carbocycles. The minimum Gasteiger partial charge on any atom is -0.473 e. The van der Waals surface area contributed by atoms with E-state index < -0.39 is 0 Å². The van der Waals surface area contributed by atoms with Gasteiger partial charge in [-0.05, 0) is 24.3 Å². The Morgan fingerprint density at radius 3 is 2.56 bits per heavy atom. The third-order valence-corrected chi connectivity index (χ3v) is 2.19. The predicted octanol–water partition coefficient (Wildman–Crippen LogP) is 2.66. The van der Waals surface area contributed by atoms with Gasteiger partial charge in [0.25, 0.3) is 0 Å². The number of benzene rings is 1. The van der Waals surface area contributed by atoms with Crippen molar-refractivity contribution in [3.8, 4) is 5.75 Å². The van der Waals surface area contributed by atoms with Crippen LogP contribution in [0.25, 0.3) is 0 Å². The Morgan fingerprint density at radius 1 is 1.19 bits per heavy atom. The van der Waals surface area contributed by atoms with Gasteiger partial charge in [0.1, 0.15) is 5.75 Å². The van der Waals surface area contributed by atoms with Crippen LogP contribution in [0.5, 0.6) is 5.75 Å². The van der Waals surface area contributed by atoms with E-state index in [1.54, 1.807) is 24.7 Å². The van der Waals surface area contributed by atoms with Crippen LogP contribution in [0.3, 0.4) is 0 Å². The summed E-state index contributed by atoms with van der Waals surface area (Å²) in [4.78, 5) is 11.5. The summed E-state index contributed by atoms with van der Waals surface area (Å²) in [6.07, 6.45) is 7.12. The van der Waals surface area contributed by atoms with Crippen molar-refractivity contribution in [2.24, 2.45) is 5.92 Å². The van der Waals surface area contributed by atoms with Crippen molar-refractivity contribution in [3.05, 3.63) is 55.0 Å². The van der Waals surface area contributed by atoms with Crippen molar-refractivity contribution in [2.45, 2.75) is 6.42 Å². The Morgan fingerprint density at radius 2 is 1.88 bits per heavy atom. The average Bonchev–Trinajstić information content (AvgIpc) is 2.31. The minimum absolute atomic E-state index is 0.0602. The Kier molecular flexibility index (Phi) is 3.38. The van der Waals surface area contributed by atoms with Crippen molar-refractivity contribution in [2.75, 3.05) is 0 Å². The molecule has 82 valence electrons. The molecule has 3 nitrogen and oxygen atoms in total. The van der Waals surface area contributed by atoms with Gasteiger partial charge < -0.3 is 9.47 Å². The van der Waals surface area contributed by atoms with Gasteiger partial charge in [-0.1, -0.05) is 18.2 Å². The maximum atomic E-state index is 11.5. The highest BCUT2D eigenvalue weighted by atomic mass is 16.5. The first-order valence-corrected chi connectivity index (χ1v) is 5.09. The first-order valence-electron chi connectivity index (χ1n) is 5.09. The van der Waals surface area contributed by atoms with Crippen molar-refractivity contribution in [3.63, 3.8) is 0 Å². The molecule has 0 spiro atoms. The Hall–Kier alpha value is -2.03. The number of ether oxygens (including phenoxy) is 2. The molecular weight excluding hydrogens is 204 g/mol. The van der Waals surface area contributed by atoms with Gasteiger partial charge >= 0.3 is 5.97 Å². The summed E-state index contributed by atoms with van der Waals surface area (Å²) < 4.78 is 10.1. The van der Waals surface area contributed by atoms with Crippen LogP contribution in [0.15, 0.2) is 55.0 Å². The highest BCUT2D eigenvalue weighted by Crippen LogP contribution is 2.15. The van der Waals surface area contributed by atoms with Crippen molar-refractivity contribution in [1.29, 1.82) is 0 Å². The Balaban J connectivity index is 1.87. The molecule has 0 saturated heterocycles. The SMILES string of the molecule is O=C(CC1C=COC=C1)Oc1ccccc1. The first kappa shape index (κ1) is 10.5. The zero-order chi connectivity index (χ0) is 11.2. The smallest absolute Gasteiger partial charge is 0.312 e. The van der Waals surface area contributed by atoms with E-state index in [4.69, 9.17) is 9.47 Å². The second kappa shape index (κ2) is 5.16. The lowest BCUT2D eigenvalue weighted by molar-refractivity contribution is -0.134. The number of rotatable bonds is 3. The fourth-order valence-corrected chi connectivity index (χ4v) is 1.39. The molecule has 16 heavy (non-hydrogen) atoms. The number of hydrogen-bond acceptors (Lipinski definition) is 3. The van der Waals surface area contributed by atoms with E-state index in [0.29, 0.717) is 12.2 Å². The van der Waals surface area contributed by atoms with Crippen LogP contribution in [-0.2, 0) is 9.53 Å². The topological polar surface area (TPSA) is 35.5 Å². The fourth-order valence-electron chi connectivity index (χ4n) is 1.39. The third kappa shape index (κ3) is 2.98. The number of esters is 1. The second-order valence-electron chi connectivity index (χ2n) is 3.45. The minimum atomic E-state index is -0.243. The van der Waals surface area contributed by atoms with Crippen LogP contribution < -0.4 is 4.74 Å². The molecular formula is C13H12O3. The van der Waals surface area contributed by atoms with Crippen LogP contribution >= 0.6 is 0 Å². The van der Waals surface area contributed by atoms with E-state index >= 15 is 0 Å². The quantitative estimate of drug-likeness (QED) is 0.575. The van der Waals surface area contributed by atoms with Crippen molar-refractivity contribution >= 4 is 5.97 Å². The molecule has 0 atom stereocenters. The highest BCUT2D eigenvalue weighted by molar-refractivity contribution is 5.73. The second-order valence-corrected chi connectivity index (χ2v) is 3.45. The lowest BCUT2D eigenvalue weighted by atomic mass is 10.1. The van der Waals surface area contributed by atoms with Crippen molar-refractivity contribution < 1.29 is 14.3 Å². The van der Waals surface area contributed by atoms with E-state index in [-0.39, 0.29) is 11.9 Å². The number of allylic oxidation sites excluding steroid dienone is 2. The maximum Gasteiger partial charge on any atom is 0.312 e. The lowest BCUT2D eigenvalue weighted by Crippen LogP contribution is -2.12. The number of hydrogen-bond donors (Lipinski definition) is 0. The zero-order valence-electron chi connectivity index (χ0n) is 8.71. The molecule has 0 radical (unpaired) electrons. The normalized spacial score (nSPS) is 14.5. The highest BCUT2D eigenvalue weighted by Gasteiger charge is 2.12. The van der Waals surface area contributed by atoms with E-state index in [0.717, 1.165) is 0 Å². The fraction of sp³-hybridized carbons (Fsp3) is 0.154. The van der Waals surface area contributed by atoms with Gasteiger partial charge in [-0.3, -0.25) is 4.79 Å². The number of carbonyl (C=O) groups is 1. The van der Waals surface area contributed by atoms with Crippen LogP contribution in [0.2, 0.25) is 0 Å².